The molecule has 0 bridgehead atoms. The molecule has 9 heteroatoms. The summed E-state index contributed by atoms with van der Waals surface area (Å²) >= 11 is 13.8. The van der Waals surface area contributed by atoms with Crippen molar-refractivity contribution in [1.29, 1.82) is 0 Å². The number of carbonyl (C=O) groups is 1. The lowest BCUT2D eigenvalue weighted by Gasteiger charge is -2.13. The Hall–Kier alpha value is -2.74. The van der Waals surface area contributed by atoms with Gasteiger partial charge >= 0.3 is 0 Å². The maximum Gasteiger partial charge on any atom is 0.231 e. The summed E-state index contributed by atoms with van der Waals surface area (Å²) < 4.78 is 7.30. The third kappa shape index (κ3) is 5.35. The first kappa shape index (κ1) is 22.5. The summed E-state index contributed by atoms with van der Waals surface area (Å²) in [6.07, 6.45) is 1.59. The molecule has 2 aromatic heterocycles. The van der Waals surface area contributed by atoms with Crippen molar-refractivity contribution in [3.8, 4) is 11.4 Å². The van der Waals surface area contributed by atoms with E-state index in [9.17, 15) is 4.79 Å². The van der Waals surface area contributed by atoms with Gasteiger partial charge in [-0.2, -0.15) is 0 Å². The summed E-state index contributed by atoms with van der Waals surface area (Å²) in [5, 5.41) is 13.3. The molecule has 32 heavy (non-hydrogen) atoms. The van der Waals surface area contributed by atoms with E-state index in [0.717, 1.165) is 11.1 Å². The van der Waals surface area contributed by atoms with Crippen LogP contribution in [0.2, 0.25) is 10.0 Å². The minimum Gasteiger partial charge on any atom is -0.467 e. The predicted octanol–water partition coefficient (Wildman–Crippen LogP) is 5.86. The van der Waals surface area contributed by atoms with Gasteiger partial charge < -0.3 is 9.73 Å². The molecular formula is C23H20Cl2N4O2S. The third-order valence-electron chi connectivity index (χ3n) is 4.75. The van der Waals surface area contributed by atoms with Crippen molar-refractivity contribution in [2.75, 3.05) is 5.75 Å². The highest BCUT2D eigenvalue weighted by atomic mass is 35.5. The van der Waals surface area contributed by atoms with Crippen LogP contribution < -0.4 is 5.32 Å². The lowest BCUT2D eigenvalue weighted by atomic mass is 10.2. The van der Waals surface area contributed by atoms with Crippen LogP contribution in [0.15, 0.2) is 76.5 Å². The van der Waals surface area contributed by atoms with Crippen LogP contribution in [-0.4, -0.2) is 26.4 Å². The first-order chi connectivity index (χ1) is 15.5. The molecule has 2 aromatic carbocycles. The van der Waals surface area contributed by atoms with Gasteiger partial charge in [-0.15, -0.1) is 10.2 Å². The molecule has 1 unspecified atom stereocenters. The van der Waals surface area contributed by atoms with Crippen LogP contribution in [0.5, 0.6) is 0 Å². The molecule has 2 heterocycles. The van der Waals surface area contributed by atoms with Gasteiger partial charge in [-0.3, -0.25) is 9.36 Å². The molecule has 4 rings (SSSR count). The summed E-state index contributed by atoms with van der Waals surface area (Å²) in [5.41, 5.74) is 1.80. The maximum absolute atomic E-state index is 12.5. The van der Waals surface area contributed by atoms with Gasteiger partial charge in [-0.25, -0.2) is 0 Å². The predicted molar refractivity (Wildman–Crippen MR) is 127 cm³/mol. The molecule has 1 N–H and O–H groups in total. The molecule has 0 aliphatic heterocycles. The van der Waals surface area contributed by atoms with Crippen LogP contribution in [0.1, 0.15) is 24.3 Å². The Bertz CT molecular complexity index is 1200. The molecule has 1 atom stereocenters. The van der Waals surface area contributed by atoms with Gasteiger partial charge in [0.25, 0.3) is 0 Å². The van der Waals surface area contributed by atoms with Crippen LogP contribution in [0.25, 0.3) is 11.4 Å². The number of hydrogen-bond donors (Lipinski definition) is 1. The molecule has 6 nitrogen and oxygen atoms in total. The van der Waals surface area contributed by atoms with Crippen molar-refractivity contribution in [2.45, 2.75) is 24.7 Å². The smallest absolute Gasteiger partial charge is 0.231 e. The summed E-state index contributed by atoms with van der Waals surface area (Å²) in [6, 6.07) is 18.6. The number of benzene rings is 2. The number of hydrogen-bond acceptors (Lipinski definition) is 5. The van der Waals surface area contributed by atoms with Gasteiger partial charge in [0.2, 0.25) is 5.91 Å². The van der Waals surface area contributed by atoms with E-state index in [1.165, 1.54) is 11.8 Å². The highest BCUT2D eigenvalue weighted by Crippen LogP contribution is 2.32. The Kier molecular flexibility index (Phi) is 7.19. The minimum atomic E-state index is -0.219. The summed E-state index contributed by atoms with van der Waals surface area (Å²) in [7, 11) is 0. The molecule has 0 saturated carbocycles. The number of thioether (sulfide) groups is 1. The lowest BCUT2D eigenvalue weighted by Crippen LogP contribution is -2.28. The van der Waals surface area contributed by atoms with E-state index in [4.69, 9.17) is 27.6 Å². The molecule has 4 aromatic rings. The number of nitrogens with one attached hydrogen (secondary N) is 1. The Morgan fingerprint density at radius 1 is 1.12 bits per heavy atom. The maximum atomic E-state index is 12.5. The number of halogens is 2. The SMILES string of the molecule is CC(NC(=O)CSc1nnc(-c2ccc(Cl)cc2Cl)n1Cc1ccccc1)c1ccco1. The fourth-order valence-corrected chi connectivity index (χ4v) is 4.44. The van der Waals surface area contributed by atoms with E-state index in [1.807, 2.05) is 54.0 Å². The molecule has 0 radical (unpaired) electrons. The number of rotatable bonds is 8. The molecular weight excluding hydrogens is 467 g/mol. The van der Waals surface area contributed by atoms with Crippen molar-refractivity contribution in [3.05, 3.63) is 88.3 Å². The number of amides is 1. The third-order valence-corrected chi connectivity index (χ3v) is 6.27. The molecule has 0 saturated heterocycles. The second-order valence-corrected chi connectivity index (χ2v) is 8.88. The van der Waals surface area contributed by atoms with Crippen molar-refractivity contribution < 1.29 is 9.21 Å². The molecule has 0 spiro atoms. The molecule has 0 fully saturated rings. The topological polar surface area (TPSA) is 73.0 Å². The van der Waals surface area contributed by atoms with Crippen LogP contribution in [0.4, 0.5) is 0 Å². The van der Waals surface area contributed by atoms with Crippen LogP contribution in [-0.2, 0) is 11.3 Å². The standard InChI is InChI=1S/C23H20Cl2N4O2S/c1-15(20-8-5-11-31-20)26-21(30)14-32-23-28-27-22(18-10-9-17(24)12-19(18)25)29(23)13-16-6-3-2-4-7-16/h2-12,15H,13-14H2,1H3,(H,26,30). The Morgan fingerprint density at radius 3 is 2.66 bits per heavy atom. The van der Waals surface area contributed by atoms with E-state index in [-0.39, 0.29) is 17.7 Å². The van der Waals surface area contributed by atoms with Crippen LogP contribution in [0.3, 0.4) is 0 Å². The van der Waals surface area contributed by atoms with E-state index in [0.29, 0.717) is 33.3 Å². The van der Waals surface area contributed by atoms with Gasteiger partial charge in [0.1, 0.15) is 5.76 Å². The summed E-state index contributed by atoms with van der Waals surface area (Å²) in [6.45, 7) is 2.41. The number of carbonyl (C=O) groups excluding carboxylic acids is 1. The second kappa shape index (κ2) is 10.3. The fourth-order valence-electron chi connectivity index (χ4n) is 3.20. The Morgan fingerprint density at radius 2 is 1.94 bits per heavy atom. The first-order valence-electron chi connectivity index (χ1n) is 9.89. The zero-order valence-corrected chi connectivity index (χ0v) is 19.5. The molecule has 0 aliphatic carbocycles. The minimum absolute atomic E-state index is 0.126. The van der Waals surface area contributed by atoms with E-state index >= 15 is 0 Å². The zero-order chi connectivity index (χ0) is 22.5. The van der Waals surface area contributed by atoms with Gasteiger partial charge in [0.05, 0.1) is 29.6 Å². The van der Waals surface area contributed by atoms with Crippen LogP contribution in [0, 0.1) is 0 Å². The molecule has 1 amide bonds. The summed E-state index contributed by atoms with van der Waals surface area (Å²) in [5.74, 6) is 1.38. The number of nitrogens with zero attached hydrogens (tertiary/aromatic N) is 3. The number of aromatic nitrogens is 3. The number of furan rings is 1. The Balaban J connectivity index is 1.56. The average Bonchev–Trinajstić information content (AvgIpc) is 3.44. The van der Waals surface area contributed by atoms with Crippen molar-refractivity contribution in [2.24, 2.45) is 0 Å². The summed E-state index contributed by atoms with van der Waals surface area (Å²) in [4.78, 5) is 12.5. The van der Waals surface area contributed by atoms with Crippen molar-refractivity contribution >= 4 is 40.9 Å². The normalized spacial score (nSPS) is 12.0. The van der Waals surface area contributed by atoms with Crippen LogP contribution >= 0.6 is 35.0 Å². The quantitative estimate of drug-likeness (QED) is 0.315. The average molecular weight is 487 g/mol. The fraction of sp³-hybridized carbons (Fsp3) is 0.174. The van der Waals surface area contributed by atoms with Gasteiger partial charge in [-0.05, 0) is 42.8 Å². The zero-order valence-electron chi connectivity index (χ0n) is 17.2. The van der Waals surface area contributed by atoms with Gasteiger partial charge in [-0.1, -0.05) is 65.3 Å². The molecule has 164 valence electrons. The highest BCUT2D eigenvalue weighted by Gasteiger charge is 2.19. The largest absolute Gasteiger partial charge is 0.467 e. The first-order valence-corrected chi connectivity index (χ1v) is 11.6. The van der Waals surface area contributed by atoms with Gasteiger partial charge in [0, 0.05) is 10.6 Å². The Labute approximate surface area is 199 Å². The van der Waals surface area contributed by atoms with Crippen molar-refractivity contribution in [3.63, 3.8) is 0 Å². The lowest BCUT2D eigenvalue weighted by molar-refractivity contribution is -0.119. The molecule has 0 aliphatic rings. The highest BCUT2D eigenvalue weighted by molar-refractivity contribution is 7.99. The van der Waals surface area contributed by atoms with E-state index < -0.39 is 0 Å². The van der Waals surface area contributed by atoms with E-state index in [1.54, 1.807) is 24.5 Å². The second-order valence-electron chi connectivity index (χ2n) is 7.10. The van der Waals surface area contributed by atoms with Gasteiger partial charge in [0.15, 0.2) is 11.0 Å². The monoisotopic (exact) mass is 486 g/mol. The van der Waals surface area contributed by atoms with Crippen molar-refractivity contribution in [1.82, 2.24) is 20.1 Å². The van der Waals surface area contributed by atoms with E-state index in [2.05, 4.69) is 15.5 Å².